The summed E-state index contributed by atoms with van der Waals surface area (Å²) >= 11 is 6.10. The van der Waals surface area contributed by atoms with Crippen LogP contribution in [0.4, 0.5) is 5.69 Å². The molecule has 1 fully saturated rings. The zero-order valence-corrected chi connectivity index (χ0v) is 11.2. The highest BCUT2D eigenvalue weighted by Gasteiger charge is 2.18. The van der Waals surface area contributed by atoms with Gasteiger partial charge in [-0.2, -0.15) is 0 Å². The Balaban J connectivity index is 2.03. The Hall–Kier alpha value is -1.22. The molecule has 0 amide bonds. The highest BCUT2D eigenvalue weighted by atomic mass is 35.5. The lowest BCUT2D eigenvalue weighted by atomic mass is 9.87. The lowest BCUT2D eigenvalue weighted by molar-refractivity contribution is 0.0697. The van der Waals surface area contributed by atoms with Gasteiger partial charge < -0.3 is 10.4 Å². The minimum Gasteiger partial charge on any atom is -0.478 e. The van der Waals surface area contributed by atoms with Gasteiger partial charge >= 0.3 is 5.97 Å². The van der Waals surface area contributed by atoms with Crippen LogP contribution >= 0.6 is 11.6 Å². The molecule has 4 heteroatoms. The number of rotatable bonds is 3. The molecule has 0 aromatic heterocycles. The molecule has 0 unspecified atom stereocenters. The number of carbonyl (C=O) groups is 1. The molecule has 0 saturated heterocycles. The summed E-state index contributed by atoms with van der Waals surface area (Å²) in [7, 11) is 0. The van der Waals surface area contributed by atoms with Gasteiger partial charge in [-0.3, -0.25) is 0 Å². The van der Waals surface area contributed by atoms with Crippen LogP contribution in [-0.4, -0.2) is 17.1 Å². The van der Waals surface area contributed by atoms with Gasteiger partial charge in [0.25, 0.3) is 0 Å². The second-order valence-electron chi connectivity index (χ2n) is 5.10. The molecule has 3 nitrogen and oxygen atoms in total. The van der Waals surface area contributed by atoms with Crippen molar-refractivity contribution in [3.05, 3.63) is 28.8 Å². The molecule has 1 aliphatic rings. The summed E-state index contributed by atoms with van der Waals surface area (Å²) < 4.78 is 0. The molecular formula is C14H18ClNO2. The summed E-state index contributed by atoms with van der Waals surface area (Å²) in [6, 6.07) is 5.29. The lowest BCUT2D eigenvalue weighted by Gasteiger charge is -2.28. The van der Waals surface area contributed by atoms with Crippen LogP contribution in [0.3, 0.4) is 0 Å². The summed E-state index contributed by atoms with van der Waals surface area (Å²) in [5.41, 5.74) is 1.06. The van der Waals surface area contributed by atoms with E-state index in [1.807, 2.05) is 0 Å². The predicted octanol–water partition coefficient (Wildman–Crippen LogP) is 4.03. The van der Waals surface area contributed by atoms with Crippen molar-refractivity contribution in [3.63, 3.8) is 0 Å². The van der Waals surface area contributed by atoms with Gasteiger partial charge in [0.2, 0.25) is 0 Å². The third-order valence-electron chi connectivity index (χ3n) is 3.59. The Bertz CT molecular complexity index is 439. The molecule has 1 aliphatic carbocycles. The van der Waals surface area contributed by atoms with E-state index in [1.54, 1.807) is 12.1 Å². The van der Waals surface area contributed by atoms with Crippen molar-refractivity contribution in [1.82, 2.24) is 0 Å². The van der Waals surface area contributed by atoms with E-state index in [4.69, 9.17) is 16.7 Å². The van der Waals surface area contributed by atoms with Crippen molar-refractivity contribution >= 4 is 23.3 Å². The molecule has 0 radical (unpaired) electrons. The first-order valence-electron chi connectivity index (χ1n) is 6.35. The van der Waals surface area contributed by atoms with Crippen molar-refractivity contribution in [2.24, 2.45) is 5.92 Å². The van der Waals surface area contributed by atoms with Crippen molar-refractivity contribution in [3.8, 4) is 0 Å². The van der Waals surface area contributed by atoms with Crippen LogP contribution in [0, 0.1) is 5.92 Å². The number of benzene rings is 1. The SMILES string of the molecule is CC1CCC(Nc2ccc(C(=O)O)cc2Cl)CC1. The fourth-order valence-corrected chi connectivity index (χ4v) is 2.62. The highest BCUT2D eigenvalue weighted by molar-refractivity contribution is 6.33. The molecule has 0 bridgehead atoms. The standard InChI is InChI=1S/C14H18ClNO2/c1-9-2-5-11(6-3-9)16-13-7-4-10(14(17)18)8-12(13)15/h4,7-9,11,16H,2-3,5-6H2,1H3,(H,17,18). The van der Waals surface area contributed by atoms with Crippen molar-refractivity contribution in [2.75, 3.05) is 5.32 Å². The minimum atomic E-state index is -0.949. The Morgan fingerprint density at radius 1 is 1.33 bits per heavy atom. The van der Waals surface area contributed by atoms with E-state index in [0.717, 1.165) is 24.4 Å². The van der Waals surface area contributed by atoms with Gasteiger partial charge in [-0.05, 0) is 49.8 Å². The van der Waals surface area contributed by atoms with Gasteiger partial charge in [0, 0.05) is 6.04 Å². The monoisotopic (exact) mass is 267 g/mol. The number of aromatic carboxylic acids is 1. The summed E-state index contributed by atoms with van der Waals surface area (Å²) in [4.78, 5) is 10.8. The van der Waals surface area contributed by atoms with Gasteiger partial charge in [0.1, 0.15) is 0 Å². The minimum absolute atomic E-state index is 0.225. The Labute approximate surface area is 112 Å². The van der Waals surface area contributed by atoms with E-state index in [0.29, 0.717) is 11.1 Å². The van der Waals surface area contributed by atoms with E-state index in [-0.39, 0.29) is 5.56 Å². The number of hydrogen-bond acceptors (Lipinski definition) is 2. The molecule has 18 heavy (non-hydrogen) atoms. The van der Waals surface area contributed by atoms with Gasteiger partial charge in [0.05, 0.1) is 16.3 Å². The summed E-state index contributed by atoms with van der Waals surface area (Å²) in [5, 5.41) is 12.8. The summed E-state index contributed by atoms with van der Waals surface area (Å²) in [5.74, 6) is -0.136. The lowest BCUT2D eigenvalue weighted by Crippen LogP contribution is -2.25. The zero-order valence-electron chi connectivity index (χ0n) is 10.4. The average Bonchev–Trinajstić information content (AvgIpc) is 2.34. The Morgan fingerprint density at radius 2 is 2.00 bits per heavy atom. The summed E-state index contributed by atoms with van der Waals surface area (Å²) in [6.07, 6.45) is 4.78. The molecule has 98 valence electrons. The normalized spacial score (nSPS) is 23.7. The van der Waals surface area contributed by atoms with Crippen molar-refractivity contribution < 1.29 is 9.90 Å². The van der Waals surface area contributed by atoms with Crippen LogP contribution in [0.5, 0.6) is 0 Å². The number of nitrogens with one attached hydrogen (secondary N) is 1. The van der Waals surface area contributed by atoms with E-state index in [9.17, 15) is 4.79 Å². The van der Waals surface area contributed by atoms with E-state index in [1.165, 1.54) is 18.9 Å². The first-order chi connectivity index (χ1) is 8.56. The zero-order chi connectivity index (χ0) is 13.1. The third kappa shape index (κ3) is 3.16. The third-order valence-corrected chi connectivity index (χ3v) is 3.90. The van der Waals surface area contributed by atoms with Crippen molar-refractivity contribution in [1.29, 1.82) is 0 Å². The van der Waals surface area contributed by atoms with Crippen LogP contribution in [0.15, 0.2) is 18.2 Å². The number of carboxylic acids is 1. The Kier molecular flexibility index (Phi) is 4.12. The second kappa shape index (κ2) is 5.61. The first kappa shape index (κ1) is 13.2. The fourth-order valence-electron chi connectivity index (χ4n) is 2.39. The molecule has 1 aromatic carbocycles. The topological polar surface area (TPSA) is 49.3 Å². The maximum absolute atomic E-state index is 10.8. The largest absolute Gasteiger partial charge is 0.478 e. The maximum Gasteiger partial charge on any atom is 0.335 e. The Morgan fingerprint density at radius 3 is 2.56 bits per heavy atom. The van der Waals surface area contributed by atoms with Crippen LogP contribution < -0.4 is 5.32 Å². The quantitative estimate of drug-likeness (QED) is 0.869. The van der Waals surface area contributed by atoms with Gasteiger partial charge in [-0.25, -0.2) is 4.79 Å². The number of hydrogen-bond donors (Lipinski definition) is 2. The van der Waals surface area contributed by atoms with Gasteiger partial charge in [-0.1, -0.05) is 18.5 Å². The maximum atomic E-state index is 10.8. The van der Waals surface area contributed by atoms with Crippen LogP contribution in [-0.2, 0) is 0 Å². The van der Waals surface area contributed by atoms with Gasteiger partial charge in [0.15, 0.2) is 0 Å². The van der Waals surface area contributed by atoms with Crippen LogP contribution in [0.2, 0.25) is 5.02 Å². The number of halogens is 1. The van der Waals surface area contributed by atoms with E-state index in [2.05, 4.69) is 12.2 Å². The molecule has 0 spiro atoms. The van der Waals surface area contributed by atoms with Crippen molar-refractivity contribution in [2.45, 2.75) is 38.6 Å². The van der Waals surface area contributed by atoms with Crippen LogP contribution in [0.1, 0.15) is 43.0 Å². The van der Waals surface area contributed by atoms with E-state index >= 15 is 0 Å². The molecule has 1 aromatic rings. The molecule has 2 rings (SSSR count). The number of anilines is 1. The molecule has 2 N–H and O–H groups in total. The van der Waals surface area contributed by atoms with Gasteiger partial charge in [-0.15, -0.1) is 0 Å². The molecular weight excluding hydrogens is 250 g/mol. The summed E-state index contributed by atoms with van der Waals surface area (Å²) in [6.45, 7) is 2.28. The predicted molar refractivity (Wildman–Crippen MR) is 73.5 cm³/mol. The molecule has 0 atom stereocenters. The molecule has 1 saturated carbocycles. The number of carboxylic acid groups (broad SMARTS) is 1. The molecule has 0 aliphatic heterocycles. The van der Waals surface area contributed by atoms with Crippen LogP contribution in [0.25, 0.3) is 0 Å². The van der Waals surface area contributed by atoms with E-state index < -0.39 is 5.97 Å². The smallest absolute Gasteiger partial charge is 0.335 e. The molecule has 0 heterocycles. The average molecular weight is 268 g/mol. The highest BCUT2D eigenvalue weighted by Crippen LogP contribution is 2.29. The first-order valence-corrected chi connectivity index (χ1v) is 6.73. The fraction of sp³-hybridized carbons (Fsp3) is 0.500. The second-order valence-corrected chi connectivity index (χ2v) is 5.51.